The van der Waals surface area contributed by atoms with Crippen molar-refractivity contribution >= 4 is 36.1 Å². The second-order valence-electron chi connectivity index (χ2n) is 6.76. The van der Waals surface area contributed by atoms with Gasteiger partial charge in [0, 0.05) is 14.2 Å². The van der Waals surface area contributed by atoms with Gasteiger partial charge in [-0.1, -0.05) is 60.7 Å². The summed E-state index contributed by atoms with van der Waals surface area (Å²) >= 11 is 0. The van der Waals surface area contributed by atoms with Gasteiger partial charge in [-0.2, -0.15) is 0 Å². The first-order valence-corrected chi connectivity index (χ1v) is 15.8. The van der Waals surface area contributed by atoms with Crippen molar-refractivity contribution in [2.75, 3.05) is 14.2 Å². The molecule has 4 nitrogen and oxygen atoms in total. The topological polar surface area (TPSA) is 36.9 Å². The summed E-state index contributed by atoms with van der Waals surface area (Å²) in [5.74, 6) is 0. The van der Waals surface area contributed by atoms with E-state index in [4.69, 9.17) is 17.1 Å². The summed E-state index contributed by atoms with van der Waals surface area (Å²) in [7, 11) is -4.34. The third-order valence-electron chi connectivity index (χ3n) is 4.07. The Kier molecular flexibility index (Phi) is 6.55. The Morgan fingerprint density at radius 2 is 0.880 bits per heavy atom. The molecule has 0 radical (unpaired) electrons. The Bertz CT molecular complexity index is 603. The van der Waals surface area contributed by atoms with Crippen LogP contribution in [0, 0.1) is 0 Å². The van der Waals surface area contributed by atoms with Gasteiger partial charge in [-0.25, -0.2) is 0 Å². The Hall–Kier alpha value is -1.07. The number of hydrogen-bond donors (Lipinski definition) is 0. The summed E-state index contributed by atoms with van der Waals surface area (Å²) in [5.41, 5.74) is 0. The first-order valence-electron chi connectivity index (χ1n) is 8.36. The van der Waals surface area contributed by atoms with Gasteiger partial charge in [0.25, 0.3) is 0 Å². The SMILES string of the molecule is CO[Si](C)(C)O[Si](O[Si](C)(C)OC)(c1ccccc1)c1ccccc1. The predicted octanol–water partition coefficient (Wildman–Crippen LogP) is 2.97. The van der Waals surface area contributed by atoms with Crippen LogP contribution in [0.1, 0.15) is 0 Å². The average Bonchev–Trinajstić information content (AvgIpc) is 2.62. The van der Waals surface area contributed by atoms with Crippen LogP contribution in [0.25, 0.3) is 0 Å². The molecular weight excluding hydrogens is 364 g/mol. The monoisotopic (exact) mass is 392 g/mol. The summed E-state index contributed by atoms with van der Waals surface area (Å²) in [6, 6.07) is 20.4. The fourth-order valence-electron chi connectivity index (χ4n) is 2.51. The van der Waals surface area contributed by atoms with Crippen molar-refractivity contribution in [1.82, 2.24) is 0 Å². The molecule has 136 valence electrons. The van der Waals surface area contributed by atoms with Gasteiger partial charge < -0.3 is 17.1 Å². The Morgan fingerprint density at radius 1 is 0.560 bits per heavy atom. The molecule has 0 aliphatic rings. The van der Waals surface area contributed by atoms with E-state index in [0.29, 0.717) is 0 Å². The third kappa shape index (κ3) is 4.98. The molecule has 7 heteroatoms. The van der Waals surface area contributed by atoms with Crippen molar-refractivity contribution in [2.24, 2.45) is 0 Å². The van der Waals surface area contributed by atoms with Crippen LogP contribution in [0.2, 0.25) is 26.2 Å². The van der Waals surface area contributed by atoms with Crippen LogP contribution in [-0.4, -0.2) is 39.9 Å². The lowest BCUT2D eigenvalue weighted by atomic mass is 10.4. The van der Waals surface area contributed by atoms with Gasteiger partial charge in [-0.3, -0.25) is 0 Å². The van der Waals surface area contributed by atoms with E-state index in [9.17, 15) is 0 Å². The quantitative estimate of drug-likeness (QED) is 0.647. The highest BCUT2D eigenvalue weighted by Crippen LogP contribution is 2.22. The van der Waals surface area contributed by atoms with Gasteiger partial charge >= 0.3 is 25.7 Å². The molecule has 0 fully saturated rings. The summed E-state index contributed by atoms with van der Waals surface area (Å²) in [5, 5.41) is 2.13. The van der Waals surface area contributed by atoms with E-state index in [0.717, 1.165) is 10.4 Å². The third-order valence-corrected chi connectivity index (χ3v) is 14.5. The Morgan fingerprint density at radius 3 is 1.16 bits per heavy atom. The van der Waals surface area contributed by atoms with Gasteiger partial charge in [-0.05, 0) is 36.6 Å². The van der Waals surface area contributed by atoms with E-state index in [1.165, 1.54) is 0 Å². The summed E-state index contributed by atoms with van der Waals surface area (Å²) in [6.45, 7) is 8.19. The maximum atomic E-state index is 6.77. The number of hydrogen-bond acceptors (Lipinski definition) is 4. The smallest absolute Gasteiger partial charge is 0.389 e. The van der Waals surface area contributed by atoms with Crippen molar-refractivity contribution in [3.05, 3.63) is 60.7 Å². The molecule has 0 aliphatic heterocycles. The van der Waals surface area contributed by atoms with Crippen LogP contribution in [0.5, 0.6) is 0 Å². The van der Waals surface area contributed by atoms with Crippen molar-refractivity contribution in [3.63, 3.8) is 0 Å². The fourth-order valence-corrected chi connectivity index (χ4v) is 12.7. The summed E-state index contributed by atoms with van der Waals surface area (Å²) in [4.78, 5) is 0. The molecule has 2 aromatic carbocycles. The molecular formula is C18H28O4Si3. The van der Waals surface area contributed by atoms with Gasteiger partial charge in [-0.15, -0.1) is 0 Å². The van der Waals surface area contributed by atoms with Crippen molar-refractivity contribution < 1.29 is 17.1 Å². The lowest BCUT2D eigenvalue weighted by Crippen LogP contribution is -2.70. The Balaban J connectivity index is 2.69. The second-order valence-corrected chi connectivity index (χ2v) is 17.2. The van der Waals surface area contributed by atoms with Crippen molar-refractivity contribution in [3.8, 4) is 0 Å². The highest BCUT2D eigenvalue weighted by atomic mass is 28.5. The van der Waals surface area contributed by atoms with E-state index in [1.54, 1.807) is 14.2 Å². The van der Waals surface area contributed by atoms with Gasteiger partial charge in [0.2, 0.25) is 0 Å². The standard InChI is InChI=1S/C18H28O4Si3/c1-19-23(3,4)21-25(22-24(5,6)20-2,17-13-9-7-10-14-17)18-15-11-8-12-16-18/h7-16H,1-6H3. The van der Waals surface area contributed by atoms with Crippen LogP contribution in [0.3, 0.4) is 0 Å². The summed E-state index contributed by atoms with van der Waals surface area (Å²) < 4.78 is 25.0. The van der Waals surface area contributed by atoms with Crippen LogP contribution in [0.4, 0.5) is 0 Å². The van der Waals surface area contributed by atoms with E-state index in [2.05, 4.69) is 24.3 Å². The molecule has 25 heavy (non-hydrogen) atoms. The van der Waals surface area contributed by atoms with Gasteiger partial charge in [0.15, 0.2) is 0 Å². The van der Waals surface area contributed by atoms with E-state index in [1.807, 2.05) is 62.6 Å². The van der Waals surface area contributed by atoms with Crippen LogP contribution >= 0.6 is 0 Å². The fraction of sp³-hybridized carbons (Fsp3) is 0.333. The molecule has 2 aromatic rings. The molecule has 0 heterocycles. The van der Waals surface area contributed by atoms with E-state index < -0.39 is 25.7 Å². The molecule has 0 atom stereocenters. The van der Waals surface area contributed by atoms with Crippen molar-refractivity contribution in [1.29, 1.82) is 0 Å². The molecule has 0 unspecified atom stereocenters. The minimum Gasteiger partial charge on any atom is -0.408 e. The summed E-state index contributed by atoms with van der Waals surface area (Å²) in [6.07, 6.45) is 0. The first-order chi connectivity index (χ1) is 11.7. The zero-order valence-electron chi connectivity index (χ0n) is 15.9. The highest BCUT2D eigenvalue weighted by Gasteiger charge is 2.51. The number of benzene rings is 2. The van der Waals surface area contributed by atoms with Crippen LogP contribution < -0.4 is 10.4 Å². The van der Waals surface area contributed by atoms with Gasteiger partial charge in [0.05, 0.1) is 0 Å². The van der Waals surface area contributed by atoms with E-state index in [-0.39, 0.29) is 0 Å². The molecule has 2 rings (SSSR count). The molecule has 0 saturated heterocycles. The lowest BCUT2D eigenvalue weighted by molar-refractivity contribution is 0.256. The lowest BCUT2D eigenvalue weighted by Gasteiger charge is -2.41. The zero-order chi connectivity index (χ0) is 18.6. The maximum absolute atomic E-state index is 6.77. The van der Waals surface area contributed by atoms with Crippen LogP contribution in [0.15, 0.2) is 60.7 Å². The zero-order valence-corrected chi connectivity index (χ0v) is 18.9. The normalized spacial score (nSPS) is 13.0. The van der Waals surface area contributed by atoms with E-state index >= 15 is 0 Å². The molecule has 0 bridgehead atoms. The molecule has 0 saturated carbocycles. The molecule has 0 N–H and O–H groups in total. The molecule has 0 aromatic heterocycles. The maximum Gasteiger partial charge on any atom is 0.389 e. The number of rotatable bonds is 8. The minimum absolute atomic E-state index is 1.07. The molecule has 0 spiro atoms. The Labute approximate surface area is 154 Å². The predicted molar refractivity (Wildman–Crippen MR) is 109 cm³/mol. The average molecular weight is 393 g/mol. The minimum atomic E-state index is -2.99. The van der Waals surface area contributed by atoms with Crippen molar-refractivity contribution in [2.45, 2.75) is 26.2 Å². The second kappa shape index (κ2) is 8.09. The highest BCUT2D eigenvalue weighted by molar-refractivity contribution is 7.01. The van der Waals surface area contributed by atoms with Crippen LogP contribution in [-0.2, 0) is 17.1 Å². The molecule has 0 aliphatic carbocycles. The van der Waals surface area contributed by atoms with Gasteiger partial charge in [0.1, 0.15) is 0 Å². The molecule has 0 amide bonds. The largest absolute Gasteiger partial charge is 0.408 e. The first kappa shape index (κ1) is 20.2.